The van der Waals surface area contributed by atoms with Crippen LogP contribution in [0.5, 0.6) is 0 Å². The van der Waals surface area contributed by atoms with Crippen molar-refractivity contribution < 1.29 is 4.79 Å². The zero-order valence-corrected chi connectivity index (χ0v) is 17.3. The first-order valence-electron chi connectivity index (χ1n) is 8.46. The van der Waals surface area contributed by atoms with Crippen molar-refractivity contribution in [2.75, 3.05) is 5.75 Å². The average Bonchev–Trinajstić information content (AvgIpc) is 3.06. The number of carbonyl (C=O) groups is 1. The normalized spacial score (nSPS) is 11.0. The maximum absolute atomic E-state index is 12.0. The molecule has 1 aromatic heterocycles. The molecule has 0 aliphatic carbocycles. The van der Waals surface area contributed by atoms with Gasteiger partial charge in [0.1, 0.15) is 0 Å². The third kappa shape index (κ3) is 4.86. The van der Waals surface area contributed by atoms with Crippen LogP contribution in [0, 0.1) is 0 Å². The lowest BCUT2D eigenvalue weighted by molar-refractivity contribution is -0.119. The molecule has 1 amide bonds. The molecule has 3 rings (SSSR count). The van der Waals surface area contributed by atoms with Crippen LogP contribution in [0.2, 0.25) is 10.0 Å². The number of para-hydroxylation sites is 1. The van der Waals surface area contributed by atoms with Crippen LogP contribution >= 0.6 is 35.0 Å². The van der Waals surface area contributed by atoms with Gasteiger partial charge in [-0.15, -0.1) is 0 Å². The van der Waals surface area contributed by atoms with Crippen molar-refractivity contribution in [3.05, 3.63) is 64.8 Å². The summed E-state index contributed by atoms with van der Waals surface area (Å²) in [4.78, 5) is 16.6. The molecule has 0 aliphatic heterocycles. The van der Waals surface area contributed by atoms with Gasteiger partial charge in [-0.3, -0.25) is 9.36 Å². The Bertz CT molecular complexity index is 942. The van der Waals surface area contributed by atoms with Crippen molar-refractivity contribution in [3.8, 4) is 16.9 Å². The minimum atomic E-state index is -0.0197. The van der Waals surface area contributed by atoms with Crippen molar-refractivity contribution in [2.45, 2.75) is 25.0 Å². The first kappa shape index (κ1) is 19.8. The van der Waals surface area contributed by atoms with E-state index < -0.39 is 0 Å². The second kappa shape index (κ2) is 8.83. The van der Waals surface area contributed by atoms with E-state index in [1.54, 1.807) is 12.3 Å². The molecule has 0 aliphatic rings. The number of hydrogen-bond acceptors (Lipinski definition) is 3. The number of halogens is 2. The third-order valence-electron chi connectivity index (χ3n) is 3.74. The topological polar surface area (TPSA) is 46.9 Å². The zero-order chi connectivity index (χ0) is 19.4. The van der Waals surface area contributed by atoms with Gasteiger partial charge in [0.25, 0.3) is 0 Å². The molecule has 0 saturated heterocycles. The van der Waals surface area contributed by atoms with Gasteiger partial charge in [-0.25, -0.2) is 4.98 Å². The summed E-state index contributed by atoms with van der Waals surface area (Å²) in [5, 5.41) is 4.62. The molecule has 140 valence electrons. The van der Waals surface area contributed by atoms with Crippen molar-refractivity contribution >= 4 is 40.9 Å². The highest BCUT2D eigenvalue weighted by Crippen LogP contribution is 2.33. The predicted molar refractivity (Wildman–Crippen MR) is 113 cm³/mol. The van der Waals surface area contributed by atoms with Gasteiger partial charge in [-0.2, -0.15) is 0 Å². The standard InChI is InChI=1S/C20H19Cl2N3OS/c1-13(2)24-19(26)12-27-20-23-11-18(14-8-9-16(21)17(22)10-14)25(20)15-6-4-3-5-7-15/h3-11,13H,12H2,1-2H3,(H,24,26). The maximum Gasteiger partial charge on any atom is 0.230 e. The molecule has 0 unspecified atom stereocenters. The molecule has 0 spiro atoms. The van der Waals surface area contributed by atoms with E-state index in [0.29, 0.717) is 15.8 Å². The molecule has 2 aromatic carbocycles. The number of imidazole rings is 1. The van der Waals surface area contributed by atoms with Crippen LogP contribution < -0.4 is 5.32 Å². The molecular formula is C20H19Cl2N3OS. The Labute approximate surface area is 172 Å². The number of nitrogens with one attached hydrogen (secondary N) is 1. The van der Waals surface area contributed by atoms with E-state index in [2.05, 4.69) is 10.3 Å². The summed E-state index contributed by atoms with van der Waals surface area (Å²) in [6.07, 6.45) is 1.79. The smallest absolute Gasteiger partial charge is 0.230 e. The van der Waals surface area contributed by atoms with Gasteiger partial charge in [0.05, 0.1) is 27.7 Å². The van der Waals surface area contributed by atoms with E-state index in [4.69, 9.17) is 23.2 Å². The van der Waals surface area contributed by atoms with E-state index >= 15 is 0 Å². The highest BCUT2D eigenvalue weighted by atomic mass is 35.5. The van der Waals surface area contributed by atoms with E-state index in [1.165, 1.54) is 11.8 Å². The van der Waals surface area contributed by atoms with E-state index in [-0.39, 0.29) is 11.9 Å². The Morgan fingerprint density at radius 1 is 1.15 bits per heavy atom. The number of carbonyl (C=O) groups excluding carboxylic acids is 1. The summed E-state index contributed by atoms with van der Waals surface area (Å²) < 4.78 is 2.02. The summed E-state index contributed by atoms with van der Waals surface area (Å²) in [5.74, 6) is 0.275. The van der Waals surface area contributed by atoms with Crippen LogP contribution in [0.15, 0.2) is 59.9 Å². The van der Waals surface area contributed by atoms with Crippen LogP contribution in [0.3, 0.4) is 0 Å². The summed E-state index contributed by atoms with van der Waals surface area (Å²) in [5.41, 5.74) is 2.74. The fourth-order valence-electron chi connectivity index (χ4n) is 2.62. The third-order valence-corrected chi connectivity index (χ3v) is 5.43. The van der Waals surface area contributed by atoms with Gasteiger partial charge in [-0.1, -0.05) is 59.2 Å². The van der Waals surface area contributed by atoms with E-state index in [1.807, 2.05) is 60.9 Å². The number of aromatic nitrogens is 2. The van der Waals surface area contributed by atoms with Crippen LogP contribution in [0.25, 0.3) is 16.9 Å². The number of thioether (sulfide) groups is 1. The molecule has 1 N–H and O–H groups in total. The summed E-state index contributed by atoms with van der Waals surface area (Å²) in [6, 6.07) is 15.5. The molecule has 0 fully saturated rings. The molecular weight excluding hydrogens is 401 g/mol. The molecule has 7 heteroatoms. The fraction of sp³-hybridized carbons (Fsp3) is 0.200. The number of nitrogens with zero attached hydrogens (tertiary/aromatic N) is 2. The Hall–Kier alpha value is -1.95. The van der Waals surface area contributed by atoms with Crippen molar-refractivity contribution in [1.82, 2.24) is 14.9 Å². The zero-order valence-electron chi connectivity index (χ0n) is 14.9. The molecule has 1 heterocycles. The first-order chi connectivity index (χ1) is 13.0. The van der Waals surface area contributed by atoms with Gasteiger partial charge in [-0.05, 0) is 38.1 Å². The average molecular weight is 420 g/mol. The maximum atomic E-state index is 12.0. The van der Waals surface area contributed by atoms with Crippen molar-refractivity contribution in [2.24, 2.45) is 0 Å². The van der Waals surface area contributed by atoms with Crippen LogP contribution in [-0.2, 0) is 4.79 Å². The molecule has 0 saturated carbocycles. The van der Waals surface area contributed by atoms with Gasteiger partial charge in [0.2, 0.25) is 5.91 Å². The second-order valence-corrected chi connectivity index (χ2v) is 7.99. The predicted octanol–water partition coefficient (Wildman–Crippen LogP) is 5.46. The largest absolute Gasteiger partial charge is 0.353 e. The molecule has 0 atom stereocenters. The SMILES string of the molecule is CC(C)NC(=O)CSc1ncc(-c2ccc(Cl)c(Cl)c2)n1-c1ccccc1. The summed E-state index contributed by atoms with van der Waals surface area (Å²) in [6.45, 7) is 3.88. The minimum absolute atomic E-state index is 0.0197. The van der Waals surface area contributed by atoms with Crippen LogP contribution in [0.4, 0.5) is 0 Å². The first-order valence-corrected chi connectivity index (χ1v) is 10.2. The Morgan fingerprint density at radius 2 is 1.89 bits per heavy atom. The monoisotopic (exact) mass is 419 g/mol. The number of hydrogen-bond donors (Lipinski definition) is 1. The van der Waals surface area contributed by atoms with Gasteiger partial charge in [0, 0.05) is 17.3 Å². The lowest BCUT2D eigenvalue weighted by atomic mass is 10.1. The number of rotatable bonds is 6. The second-order valence-electron chi connectivity index (χ2n) is 6.24. The minimum Gasteiger partial charge on any atom is -0.353 e. The molecule has 0 bridgehead atoms. The van der Waals surface area contributed by atoms with E-state index in [0.717, 1.165) is 22.1 Å². The van der Waals surface area contributed by atoms with Crippen LogP contribution in [0.1, 0.15) is 13.8 Å². The molecule has 4 nitrogen and oxygen atoms in total. The van der Waals surface area contributed by atoms with Gasteiger partial charge < -0.3 is 5.32 Å². The van der Waals surface area contributed by atoms with Gasteiger partial charge in [0.15, 0.2) is 5.16 Å². The lowest BCUT2D eigenvalue weighted by Gasteiger charge is -2.13. The Morgan fingerprint density at radius 3 is 2.56 bits per heavy atom. The Kier molecular flexibility index (Phi) is 6.47. The molecule has 0 radical (unpaired) electrons. The lowest BCUT2D eigenvalue weighted by Crippen LogP contribution is -2.31. The Balaban J connectivity index is 1.98. The van der Waals surface area contributed by atoms with Crippen molar-refractivity contribution in [1.29, 1.82) is 0 Å². The fourth-order valence-corrected chi connectivity index (χ4v) is 3.72. The highest BCUT2D eigenvalue weighted by molar-refractivity contribution is 7.99. The highest BCUT2D eigenvalue weighted by Gasteiger charge is 2.16. The summed E-state index contributed by atoms with van der Waals surface area (Å²) in [7, 11) is 0. The van der Waals surface area contributed by atoms with E-state index in [9.17, 15) is 4.79 Å². The van der Waals surface area contributed by atoms with Crippen LogP contribution in [-0.4, -0.2) is 27.3 Å². The van der Waals surface area contributed by atoms with Gasteiger partial charge >= 0.3 is 0 Å². The van der Waals surface area contributed by atoms with Crippen molar-refractivity contribution in [3.63, 3.8) is 0 Å². The summed E-state index contributed by atoms with van der Waals surface area (Å²) >= 11 is 13.6. The quantitative estimate of drug-likeness (QED) is 0.539. The number of benzene rings is 2. The number of amides is 1. The molecule has 27 heavy (non-hydrogen) atoms. The molecule has 3 aromatic rings.